The van der Waals surface area contributed by atoms with Crippen LogP contribution < -0.4 is 9.46 Å². The highest BCUT2D eigenvalue weighted by atomic mass is 32.2. The van der Waals surface area contributed by atoms with E-state index < -0.39 is 51.7 Å². The third kappa shape index (κ3) is 5.59. The fourth-order valence-electron chi connectivity index (χ4n) is 3.68. The monoisotopic (exact) mass is 473 g/mol. The van der Waals surface area contributed by atoms with Crippen LogP contribution in [0, 0.1) is 0 Å². The average Bonchev–Trinajstić information content (AvgIpc) is 3.10. The molecule has 0 radical (unpaired) electrons. The van der Waals surface area contributed by atoms with E-state index in [1.807, 2.05) is 0 Å². The maximum Gasteiger partial charge on any atom is 0.326 e. The molecule has 2 fully saturated rings. The lowest BCUT2D eigenvalue weighted by molar-refractivity contribution is -0.254. The standard InChI is InChI=1S/C21H31NO9S/c1-20(2)12-28-17(15-11-29-21(3,4)30-15)18(31-20)16(19(23)27-6)22-32(24,25)14-9-7-13(26-5)8-10-14/h7-10,15-18,22H,11-12H2,1-6H3/t15-,16+,17+,18+/m0/s1. The van der Waals surface area contributed by atoms with Gasteiger partial charge in [-0.15, -0.1) is 0 Å². The Morgan fingerprint density at radius 3 is 2.31 bits per heavy atom. The van der Waals surface area contributed by atoms with Crippen LogP contribution in [0.25, 0.3) is 0 Å². The van der Waals surface area contributed by atoms with Gasteiger partial charge in [-0.3, -0.25) is 4.79 Å². The minimum atomic E-state index is -4.11. The lowest BCUT2D eigenvalue weighted by atomic mass is 9.97. The van der Waals surface area contributed by atoms with Crippen LogP contribution in [0.5, 0.6) is 5.75 Å². The molecule has 0 aromatic heterocycles. The third-order valence-corrected chi connectivity index (χ3v) is 6.69. The molecule has 10 nitrogen and oxygen atoms in total. The summed E-state index contributed by atoms with van der Waals surface area (Å²) >= 11 is 0. The molecule has 0 aliphatic carbocycles. The van der Waals surface area contributed by atoms with E-state index in [1.54, 1.807) is 27.7 Å². The van der Waals surface area contributed by atoms with Gasteiger partial charge >= 0.3 is 5.97 Å². The zero-order chi connectivity index (χ0) is 23.7. The number of nitrogens with one attached hydrogen (secondary N) is 1. The predicted molar refractivity (Wildman–Crippen MR) is 113 cm³/mol. The van der Waals surface area contributed by atoms with E-state index in [9.17, 15) is 13.2 Å². The van der Waals surface area contributed by atoms with Gasteiger partial charge in [-0.1, -0.05) is 0 Å². The Morgan fingerprint density at radius 1 is 1.12 bits per heavy atom. The lowest BCUT2D eigenvalue weighted by Gasteiger charge is -2.44. The van der Waals surface area contributed by atoms with E-state index in [0.29, 0.717) is 5.75 Å². The van der Waals surface area contributed by atoms with Crippen LogP contribution >= 0.6 is 0 Å². The highest BCUT2D eigenvalue weighted by Crippen LogP contribution is 2.34. The van der Waals surface area contributed by atoms with Gasteiger partial charge in [0.25, 0.3) is 0 Å². The van der Waals surface area contributed by atoms with Crippen molar-refractivity contribution in [2.45, 2.75) is 68.3 Å². The van der Waals surface area contributed by atoms with E-state index in [2.05, 4.69) is 4.72 Å². The molecule has 0 spiro atoms. The third-order valence-electron chi connectivity index (χ3n) is 5.23. The number of sulfonamides is 1. The Hall–Kier alpha value is -1.76. The normalized spacial score (nSPS) is 28.1. The Bertz CT molecular complexity index is 914. The van der Waals surface area contributed by atoms with Crippen LogP contribution in [0.1, 0.15) is 27.7 Å². The van der Waals surface area contributed by atoms with E-state index >= 15 is 0 Å². The van der Waals surface area contributed by atoms with Gasteiger partial charge in [0, 0.05) is 0 Å². The average molecular weight is 474 g/mol. The molecular weight excluding hydrogens is 442 g/mol. The summed E-state index contributed by atoms with van der Waals surface area (Å²) in [5, 5.41) is 0. The van der Waals surface area contributed by atoms with E-state index in [-0.39, 0.29) is 18.1 Å². The van der Waals surface area contributed by atoms with Gasteiger partial charge in [0.2, 0.25) is 10.0 Å². The molecule has 180 valence electrons. The first kappa shape index (κ1) is 24.9. The van der Waals surface area contributed by atoms with Gasteiger partial charge in [-0.2, -0.15) is 4.72 Å². The first-order chi connectivity index (χ1) is 14.9. The van der Waals surface area contributed by atoms with Crippen molar-refractivity contribution in [2.24, 2.45) is 0 Å². The van der Waals surface area contributed by atoms with Crippen molar-refractivity contribution in [2.75, 3.05) is 27.4 Å². The van der Waals surface area contributed by atoms with Crippen LogP contribution in [0.2, 0.25) is 0 Å². The van der Waals surface area contributed by atoms with E-state index in [0.717, 1.165) is 0 Å². The molecule has 4 atom stereocenters. The Labute approximate surface area is 188 Å². The molecule has 3 rings (SSSR count). The number of carbonyl (C=O) groups is 1. The van der Waals surface area contributed by atoms with Gasteiger partial charge in [-0.25, -0.2) is 8.42 Å². The number of hydrogen-bond donors (Lipinski definition) is 1. The second kappa shape index (κ2) is 9.24. The summed E-state index contributed by atoms with van der Waals surface area (Å²) in [7, 11) is -1.45. The topological polar surface area (TPSA) is 119 Å². The fraction of sp³-hybridized carbons (Fsp3) is 0.667. The van der Waals surface area contributed by atoms with Crippen LogP contribution in [0.3, 0.4) is 0 Å². The molecule has 0 unspecified atom stereocenters. The van der Waals surface area contributed by atoms with Crippen LogP contribution in [-0.2, 0) is 38.5 Å². The van der Waals surface area contributed by atoms with Gasteiger partial charge in [-0.05, 0) is 52.0 Å². The summed E-state index contributed by atoms with van der Waals surface area (Å²) in [6, 6.07) is 4.40. The maximum absolute atomic E-state index is 13.1. The Balaban J connectivity index is 1.92. The van der Waals surface area contributed by atoms with Gasteiger partial charge in [0.1, 0.15) is 30.1 Å². The number of esters is 1. The van der Waals surface area contributed by atoms with Crippen molar-refractivity contribution in [3.63, 3.8) is 0 Å². The molecule has 0 saturated carbocycles. The van der Waals surface area contributed by atoms with Crippen LogP contribution in [-0.4, -0.2) is 77.6 Å². The van der Waals surface area contributed by atoms with Crippen molar-refractivity contribution in [1.29, 1.82) is 0 Å². The summed E-state index contributed by atoms with van der Waals surface area (Å²) in [5.74, 6) is -1.15. The lowest BCUT2D eigenvalue weighted by Crippen LogP contribution is -2.63. The number of carbonyl (C=O) groups excluding carboxylic acids is 1. The smallest absolute Gasteiger partial charge is 0.326 e. The maximum atomic E-state index is 13.1. The molecule has 32 heavy (non-hydrogen) atoms. The Kier molecular flexibility index (Phi) is 7.18. The summed E-state index contributed by atoms with van der Waals surface area (Å²) in [6.07, 6.45) is -2.36. The Morgan fingerprint density at radius 2 is 1.78 bits per heavy atom. The molecule has 2 aliphatic rings. The summed E-state index contributed by atoms with van der Waals surface area (Å²) in [5.41, 5.74) is -0.770. The highest BCUT2D eigenvalue weighted by molar-refractivity contribution is 7.89. The summed E-state index contributed by atoms with van der Waals surface area (Å²) in [6.45, 7) is 7.54. The zero-order valence-corrected chi connectivity index (χ0v) is 19.9. The number of rotatable bonds is 7. The summed E-state index contributed by atoms with van der Waals surface area (Å²) < 4.78 is 62.3. The van der Waals surface area contributed by atoms with Crippen LogP contribution in [0.15, 0.2) is 29.2 Å². The summed E-state index contributed by atoms with van der Waals surface area (Å²) in [4.78, 5) is 12.7. The fourth-order valence-corrected chi connectivity index (χ4v) is 4.88. The van der Waals surface area contributed by atoms with Crippen molar-refractivity contribution < 1.29 is 41.6 Å². The van der Waals surface area contributed by atoms with Crippen molar-refractivity contribution in [1.82, 2.24) is 4.72 Å². The molecule has 2 saturated heterocycles. The molecule has 11 heteroatoms. The molecule has 0 bridgehead atoms. The zero-order valence-electron chi connectivity index (χ0n) is 19.1. The number of ether oxygens (including phenoxy) is 6. The number of methoxy groups -OCH3 is 2. The van der Waals surface area contributed by atoms with Gasteiger partial charge in [0.15, 0.2) is 5.79 Å². The highest BCUT2D eigenvalue weighted by Gasteiger charge is 2.51. The molecule has 1 aromatic carbocycles. The van der Waals surface area contributed by atoms with Crippen molar-refractivity contribution in [3.05, 3.63) is 24.3 Å². The van der Waals surface area contributed by atoms with Crippen molar-refractivity contribution >= 4 is 16.0 Å². The first-order valence-electron chi connectivity index (χ1n) is 10.2. The quantitative estimate of drug-likeness (QED) is 0.583. The molecule has 2 heterocycles. The van der Waals surface area contributed by atoms with Crippen molar-refractivity contribution in [3.8, 4) is 5.75 Å². The molecule has 0 amide bonds. The van der Waals surface area contributed by atoms with Gasteiger partial charge < -0.3 is 28.4 Å². The molecular formula is C21H31NO9S. The van der Waals surface area contributed by atoms with Gasteiger partial charge in [0.05, 0.1) is 37.9 Å². The number of hydrogen-bond acceptors (Lipinski definition) is 9. The minimum Gasteiger partial charge on any atom is -0.497 e. The SMILES string of the molecule is COC(=O)[C@H](NS(=O)(=O)c1ccc(OC)cc1)[C@H]1OC(C)(C)CO[C@@H]1[C@@H]1COC(C)(C)O1. The first-order valence-corrected chi connectivity index (χ1v) is 11.7. The van der Waals surface area contributed by atoms with E-state index in [4.69, 9.17) is 28.4 Å². The number of benzene rings is 1. The second-order valence-corrected chi connectivity index (χ2v) is 10.5. The predicted octanol–water partition coefficient (Wildman–Crippen LogP) is 1.23. The molecule has 1 aromatic rings. The molecule has 2 aliphatic heterocycles. The molecule has 1 N–H and O–H groups in total. The largest absolute Gasteiger partial charge is 0.497 e. The minimum absolute atomic E-state index is 0.0404. The van der Waals surface area contributed by atoms with Crippen LogP contribution in [0.4, 0.5) is 0 Å². The second-order valence-electron chi connectivity index (χ2n) is 8.78. The van der Waals surface area contributed by atoms with E-state index in [1.165, 1.54) is 38.5 Å².